The van der Waals surface area contributed by atoms with E-state index in [1.807, 2.05) is 6.07 Å². The number of halogens is 2. The van der Waals surface area contributed by atoms with E-state index in [0.29, 0.717) is 16.3 Å². The first-order valence-corrected chi connectivity index (χ1v) is 4.08. The van der Waals surface area contributed by atoms with Crippen LogP contribution in [0.25, 0.3) is 0 Å². The summed E-state index contributed by atoms with van der Waals surface area (Å²) in [7, 11) is 0. The monoisotopic (exact) mass is 188 g/mol. The van der Waals surface area contributed by atoms with Gasteiger partial charge >= 0.3 is 0 Å². The van der Waals surface area contributed by atoms with E-state index >= 15 is 0 Å². The van der Waals surface area contributed by atoms with Gasteiger partial charge in [-0.05, 0) is 6.07 Å². The van der Waals surface area contributed by atoms with E-state index in [2.05, 4.69) is 10.3 Å². The lowest BCUT2D eigenvalue weighted by Gasteiger charge is -1.98. The Bertz CT molecular complexity index is 284. The molecule has 4 heteroatoms. The van der Waals surface area contributed by atoms with Gasteiger partial charge in [0.05, 0.1) is 0 Å². The fourth-order valence-electron chi connectivity index (χ4n) is 0.962. The molecule has 58 valence electrons. The van der Waals surface area contributed by atoms with Crippen LogP contribution in [-0.2, 0) is 0 Å². The van der Waals surface area contributed by atoms with Crippen LogP contribution in [0, 0.1) is 0 Å². The van der Waals surface area contributed by atoms with Gasteiger partial charge in [-0.25, -0.2) is 4.98 Å². The maximum atomic E-state index is 5.83. The van der Waals surface area contributed by atoms with Gasteiger partial charge in [-0.3, -0.25) is 0 Å². The van der Waals surface area contributed by atoms with E-state index < -0.39 is 0 Å². The lowest BCUT2D eigenvalue weighted by molar-refractivity contribution is 1.05. The topological polar surface area (TPSA) is 34.8 Å². The second kappa shape index (κ2) is 2.63. The number of nitrogens with one attached hydrogen (secondary N) is 1. The summed E-state index contributed by atoms with van der Waals surface area (Å²) in [5.41, 5.74) is 1.04. The highest BCUT2D eigenvalue weighted by atomic mass is 35.5. The van der Waals surface area contributed by atoms with Gasteiger partial charge in [-0.15, -0.1) is 0 Å². The number of hydrogen-bond donors (Lipinski definition) is 1. The maximum Gasteiger partial charge on any atom is 0.135 e. The molecule has 0 bridgehead atoms. The van der Waals surface area contributed by atoms with Gasteiger partial charge in [-0.2, -0.15) is 0 Å². The van der Waals surface area contributed by atoms with E-state index in [1.54, 1.807) is 6.07 Å². The van der Waals surface area contributed by atoms with Crippen LogP contribution in [0.15, 0.2) is 12.1 Å². The summed E-state index contributed by atoms with van der Waals surface area (Å²) in [6, 6.07) is 4.05. The molecule has 0 saturated carbocycles. The lowest BCUT2D eigenvalue weighted by Crippen LogP contribution is -1.88. The molecule has 1 aromatic rings. The lowest BCUT2D eigenvalue weighted by atomic mass is 10.2. The summed E-state index contributed by atoms with van der Waals surface area (Å²) in [5, 5.41) is 4.09. The van der Waals surface area contributed by atoms with E-state index in [9.17, 15) is 0 Å². The third-order valence-corrected chi connectivity index (χ3v) is 2.14. The molecule has 2 nitrogen and oxygen atoms in total. The zero-order chi connectivity index (χ0) is 7.84. The van der Waals surface area contributed by atoms with Crippen LogP contribution < -0.4 is 5.32 Å². The van der Waals surface area contributed by atoms with Crippen molar-refractivity contribution in [1.29, 1.82) is 0 Å². The fourth-order valence-corrected chi connectivity index (χ4v) is 1.44. The Labute approximate surface area is 74.5 Å². The summed E-state index contributed by atoms with van der Waals surface area (Å²) in [5.74, 6) is 0. The summed E-state index contributed by atoms with van der Waals surface area (Å²) < 4.78 is 0. The zero-order valence-electron chi connectivity index (χ0n) is 5.64. The van der Waals surface area contributed by atoms with Crippen LogP contribution in [0.5, 0.6) is 0 Å². The summed E-state index contributed by atoms with van der Waals surface area (Å²) in [6.07, 6.45) is 0. The van der Waals surface area contributed by atoms with Crippen molar-refractivity contribution in [3.63, 3.8) is 0 Å². The highest BCUT2D eigenvalue weighted by molar-refractivity contribution is 6.32. The van der Waals surface area contributed by atoms with Crippen molar-refractivity contribution in [2.24, 2.45) is 0 Å². The van der Waals surface area contributed by atoms with Gasteiger partial charge < -0.3 is 5.32 Å². The molecule has 1 atom stereocenters. The van der Waals surface area contributed by atoms with Crippen molar-refractivity contribution < 1.29 is 0 Å². The number of rotatable bonds is 1. The van der Waals surface area contributed by atoms with Crippen molar-refractivity contribution in [3.8, 4) is 0 Å². The number of aromatic nitrogens is 1. The van der Waals surface area contributed by atoms with Crippen molar-refractivity contribution in [2.75, 3.05) is 6.54 Å². The molecule has 2 rings (SSSR count). The van der Waals surface area contributed by atoms with Crippen LogP contribution in [0.2, 0.25) is 10.3 Å². The molecule has 1 N–H and O–H groups in total. The molecule has 1 saturated heterocycles. The normalized spacial score (nSPS) is 21.8. The summed E-state index contributed by atoms with van der Waals surface area (Å²) in [6.45, 7) is 0.989. The predicted molar refractivity (Wildman–Crippen MR) is 45.0 cm³/mol. The second-order valence-corrected chi connectivity index (χ2v) is 3.22. The van der Waals surface area contributed by atoms with E-state index in [1.165, 1.54) is 0 Å². The number of pyridine rings is 1. The smallest absolute Gasteiger partial charge is 0.135 e. The molecular weight excluding hydrogens is 183 g/mol. The summed E-state index contributed by atoms with van der Waals surface area (Å²) in [4.78, 5) is 3.93. The Morgan fingerprint density at radius 3 is 2.73 bits per heavy atom. The Morgan fingerprint density at radius 2 is 2.18 bits per heavy atom. The van der Waals surface area contributed by atoms with Gasteiger partial charge in [0.25, 0.3) is 0 Å². The van der Waals surface area contributed by atoms with E-state index in [4.69, 9.17) is 23.2 Å². The largest absolute Gasteiger partial charge is 0.307 e. The van der Waals surface area contributed by atoms with Gasteiger partial charge in [0, 0.05) is 18.2 Å². The van der Waals surface area contributed by atoms with Crippen molar-refractivity contribution in [2.45, 2.75) is 6.04 Å². The molecule has 0 spiro atoms. The molecule has 2 heterocycles. The van der Waals surface area contributed by atoms with Crippen LogP contribution in [0.3, 0.4) is 0 Å². The van der Waals surface area contributed by atoms with Gasteiger partial charge in [0.1, 0.15) is 10.3 Å². The first-order chi connectivity index (χ1) is 5.27. The highest BCUT2D eigenvalue weighted by Gasteiger charge is 2.25. The number of nitrogens with zero attached hydrogens (tertiary/aromatic N) is 1. The third-order valence-electron chi connectivity index (χ3n) is 1.63. The van der Waals surface area contributed by atoms with Gasteiger partial charge in [-0.1, -0.05) is 29.3 Å². The molecule has 0 aliphatic carbocycles. The van der Waals surface area contributed by atoms with Gasteiger partial charge in [0.2, 0.25) is 0 Å². The van der Waals surface area contributed by atoms with Crippen molar-refractivity contribution in [1.82, 2.24) is 10.3 Å². The quantitative estimate of drug-likeness (QED) is 0.541. The first-order valence-electron chi connectivity index (χ1n) is 3.33. The molecule has 1 fully saturated rings. The average molecular weight is 189 g/mol. The minimum absolute atomic E-state index is 0.396. The predicted octanol–water partition coefficient (Wildman–Crippen LogP) is 2.03. The molecule has 0 unspecified atom stereocenters. The Kier molecular flexibility index (Phi) is 1.75. The second-order valence-electron chi connectivity index (χ2n) is 2.47. The Morgan fingerprint density at radius 1 is 1.45 bits per heavy atom. The molecule has 1 aromatic heterocycles. The maximum absolute atomic E-state index is 5.83. The van der Waals surface area contributed by atoms with Crippen LogP contribution >= 0.6 is 23.2 Å². The summed E-state index contributed by atoms with van der Waals surface area (Å²) >= 11 is 11.5. The van der Waals surface area contributed by atoms with Crippen LogP contribution in [0.4, 0.5) is 0 Å². The minimum atomic E-state index is 0.396. The molecule has 0 radical (unpaired) electrons. The molecule has 1 aliphatic rings. The molecule has 0 amide bonds. The molecule has 0 aromatic carbocycles. The molecular formula is C7H6Cl2N2. The van der Waals surface area contributed by atoms with Gasteiger partial charge in [0.15, 0.2) is 0 Å². The van der Waals surface area contributed by atoms with E-state index in [-0.39, 0.29) is 0 Å². The van der Waals surface area contributed by atoms with Crippen LogP contribution in [-0.4, -0.2) is 11.5 Å². The zero-order valence-corrected chi connectivity index (χ0v) is 7.15. The van der Waals surface area contributed by atoms with Crippen molar-refractivity contribution >= 4 is 23.2 Å². The third kappa shape index (κ3) is 1.48. The SMILES string of the molecule is Clc1ccc([C@H]2CN2)c(Cl)n1. The molecule has 1 aliphatic heterocycles. The number of hydrogen-bond acceptors (Lipinski definition) is 2. The van der Waals surface area contributed by atoms with E-state index in [0.717, 1.165) is 12.1 Å². The average Bonchev–Trinajstić information content (AvgIpc) is 2.70. The standard InChI is InChI=1S/C7H6Cl2N2/c8-6-2-1-4(5-3-10-5)7(9)11-6/h1-2,5,10H,3H2/t5-/m1/s1. The van der Waals surface area contributed by atoms with Crippen LogP contribution in [0.1, 0.15) is 11.6 Å². The highest BCUT2D eigenvalue weighted by Crippen LogP contribution is 2.28. The minimum Gasteiger partial charge on any atom is -0.307 e. The van der Waals surface area contributed by atoms with Crippen molar-refractivity contribution in [3.05, 3.63) is 28.0 Å². The molecule has 11 heavy (non-hydrogen) atoms. The fraction of sp³-hybridized carbons (Fsp3) is 0.286. The Hall–Kier alpha value is -0.310. The first kappa shape index (κ1) is 7.35. The Balaban J connectivity index is 2.39.